The molecule has 2 aromatic rings. The first kappa shape index (κ1) is 27.7. The molecule has 1 atom stereocenters. The van der Waals surface area contributed by atoms with Gasteiger partial charge in [-0.05, 0) is 57.0 Å². The van der Waals surface area contributed by atoms with Crippen LogP contribution in [0.2, 0.25) is 0 Å². The SMILES string of the molecule is CN(C)C(=O)CCO.Cc1[nH]c(/C=C2\C(=O)Nc3ccc(F)cc32)c(C)c1C(=O)NCCC(C)O. The highest BCUT2D eigenvalue weighted by Crippen LogP contribution is 2.34. The van der Waals surface area contributed by atoms with E-state index in [0.717, 1.165) is 0 Å². The molecule has 1 aromatic heterocycles. The first-order valence-corrected chi connectivity index (χ1v) is 11.3. The number of anilines is 1. The summed E-state index contributed by atoms with van der Waals surface area (Å²) in [6.45, 7) is 5.54. The Morgan fingerprint density at radius 3 is 2.51 bits per heavy atom. The maximum Gasteiger partial charge on any atom is 0.256 e. The number of hydrogen-bond acceptors (Lipinski definition) is 5. The van der Waals surface area contributed by atoms with Crippen LogP contribution < -0.4 is 10.6 Å². The number of carbonyl (C=O) groups excluding carboxylic acids is 3. The number of nitrogens with one attached hydrogen (secondary N) is 3. The van der Waals surface area contributed by atoms with E-state index in [9.17, 15) is 23.9 Å². The third kappa shape index (κ3) is 7.24. The zero-order valence-corrected chi connectivity index (χ0v) is 20.7. The van der Waals surface area contributed by atoms with Crippen molar-refractivity contribution in [2.45, 2.75) is 39.7 Å². The van der Waals surface area contributed by atoms with E-state index in [-0.39, 0.29) is 30.7 Å². The second-order valence-corrected chi connectivity index (χ2v) is 8.52. The molecule has 0 aliphatic carbocycles. The van der Waals surface area contributed by atoms with Crippen molar-refractivity contribution in [1.82, 2.24) is 15.2 Å². The normalized spacial score (nSPS) is 14.1. The molecule has 0 saturated carbocycles. The van der Waals surface area contributed by atoms with Crippen molar-refractivity contribution in [3.05, 3.63) is 52.1 Å². The van der Waals surface area contributed by atoms with Gasteiger partial charge in [-0.2, -0.15) is 0 Å². The molecule has 0 bridgehead atoms. The van der Waals surface area contributed by atoms with Gasteiger partial charge in [0.25, 0.3) is 11.8 Å². The summed E-state index contributed by atoms with van der Waals surface area (Å²) in [7, 11) is 3.33. The Morgan fingerprint density at radius 2 is 1.94 bits per heavy atom. The molecule has 1 aliphatic rings. The topological polar surface area (TPSA) is 135 Å². The van der Waals surface area contributed by atoms with Crippen LogP contribution in [0.15, 0.2) is 18.2 Å². The number of aromatic nitrogens is 1. The maximum atomic E-state index is 13.6. The molecule has 1 aromatic carbocycles. The van der Waals surface area contributed by atoms with Gasteiger partial charge < -0.3 is 30.7 Å². The van der Waals surface area contributed by atoms with Crippen LogP contribution in [0.3, 0.4) is 0 Å². The molecule has 3 amide bonds. The number of aryl methyl sites for hydroxylation is 1. The molecule has 190 valence electrons. The van der Waals surface area contributed by atoms with Crippen LogP contribution in [-0.4, -0.2) is 71.2 Å². The highest BCUT2D eigenvalue weighted by Gasteiger charge is 2.26. The molecule has 35 heavy (non-hydrogen) atoms. The predicted molar refractivity (Wildman–Crippen MR) is 132 cm³/mol. The van der Waals surface area contributed by atoms with Crippen molar-refractivity contribution in [3.8, 4) is 0 Å². The summed E-state index contributed by atoms with van der Waals surface area (Å²) in [6.07, 6.45) is 1.84. The molecule has 0 radical (unpaired) electrons. The third-order valence-corrected chi connectivity index (χ3v) is 5.43. The lowest BCUT2D eigenvalue weighted by Gasteiger charge is -2.07. The van der Waals surface area contributed by atoms with Gasteiger partial charge in [-0.1, -0.05) is 0 Å². The summed E-state index contributed by atoms with van der Waals surface area (Å²) in [5.74, 6) is -1.01. The number of aliphatic hydroxyl groups is 2. The van der Waals surface area contributed by atoms with Crippen molar-refractivity contribution < 1.29 is 29.0 Å². The largest absolute Gasteiger partial charge is 0.396 e. The number of rotatable bonds is 7. The first-order valence-electron chi connectivity index (χ1n) is 11.3. The number of hydrogen-bond donors (Lipinski definition) is 5. The summed E-state index contributed by atoms with van der Waals surface area (Å²) < 4.78 is 13.6. The fraction of sp³-hybridized carbons (Fsp3) is 0.400. The number of aromatic amines is 1. The van der Waals surface area contributed by atoms with E-state index >= 15 is 0 Å². The van der Waals surface area contributed by atoms with E-state index in [1.807, 2.05) is 0 Å². The number of aliphatic hydroxyl groups excluding tert-OH is 2. The number of benzene rings is 1. The maximum absolute atomic E-state index is 13.6. The van der Waals surface area contributed by atoms with E-state index in [1.165, 1.54) is 23.1 Å². The minimum absolute atomic E-state index is 0.0347. The summed E-state index contributed by atoms with van der Waals surface area (Å²) in [4.78, 5) is 39.8. The Labute approximate surface area is 204 Å². The molecule has 10 heteroatoms. The van der Waals surface area contributed by atoms with E-state index in [2.05, 4.69) is 15.6 Å². The molecule has 3 rings (SSSR count). The number of H-pyrrole nitrogens is 1. The Morgan fingerprint density at radius 1 is 1.26 bits per heavy atom. The molecule has 9 nitrogen and oxygen atoms in total. The number of halogens is 1. The van der Waals surface area contributed by atoms with Crippen molar-refractivity contribution >= 4 is 35.1 Å². The van der Waals surface area contributed by atoms with E-state index in [1.54, 1.807) is 40.9 Å². The van der Waals surface area contributed by atoms with Crippen molar-refractivity contribution in [1.29, 1.82) is 0 Å². The van der Waals surface area contributed by atoms with Gasteiger partial charge in [0.2, 0.25) is 5.91 Å². The Hall–Kier alpha value is -3.50. The van der Waals surface area contributed by atoms with Gasteiger partial charge >= 0.3 is 0 Å². The fourth-order valence-electron chi connectivity index (χ4n) is 3.51. The van der Waals surface area contributed by atoms with Crippen LogP contribution in [0.25, 0.3) is 11.6 Å². The van der Waals surface area contributed by atoms with Crippen molar-refractivity contribution in [2.75, 3.05) is 32.6 Å². The molecular weight excluding hydrogens is 455 g/mol. The van der Waals surface area contributed by atoms with Gasteiger partial charge in [0.15, 0.2) is 0 Å². The van der Waals surface area contributed by atoms with E-state index in [0.29, 0.717) is 52.3 Å². The summed E-state index contributed by atoms with van der Waals surface area (Å²) in [5, 5.41) is 23.0. The van der Waals surface area contributed by atoms with Gasteiger partial charge in [0.05, 0.1) is 23.8 Å². The molecule has 2 heterocycles. The number of amides is 3. The van der Waals surface area contributed by atoms with Crippen LogP contribution in [-0.2, 0) is 9.59 Å². The van der Waals surface area contributed by atoms with Crippen LogP contribution in [0.1, 0.15) is 52.6 Å². The minimum Gasteiger partial charge on any atom is -0.396 e. The molecule has 1 unspecified atom stereocenters. The summed E-state index contributed by atoms with van der Waals surface area (Å²) in [5.41, 5.74) is 3.90. The standard InChI is InChI=1S/C20H22FN3O3.C5H11NO2/c1-10(25)6-7-22-20(27)18-11(2)17(23-12(18)3)9-15-14-8-13(21)4-5-16(14)24-19(15)26;1-6(2)5(8)3-4-7/h4-5,8-10,23,25H,6-7H2,1-3H3,(H,22,27)(H,24,26);7H,3-4H2,1-2H3/b15-9-;. The predicted octanol–water partition coefficient (Wildman–Crippen LogP) is 2.22. The Bertz CT molecular complexity index is 1120. The molecule has 5 N–H and O–H groups in total. The lowest BCUT2D eigenvalue weighted by molar-refractivity contribution is -0.129. The van der Waals surface area contributed by atoms with Crippen molar-refractivity contribution in [2.24, 2.45) is 0 Å². The second-order valence-electron chi connectivity index (χ2n) is 8.52. The Balaban J connectivity index is 0.000000466. The molecular formula is C25H33FN4O5. The van der Waals surface area contributed by atoms with Gasteiger partial charge in [-0.25, -0.2) is 4.39 Å². The minimum atomic E-state index is -0.486. The first-order chi connectivity index (χ1) is 16.5. The monoisotopic (exact) mass is 488 g/mol. The zero-order valence-electron chi connectivity index (χ0n) is 20.7. The highest BCUT2D eigenvalue weighted by molar-refractivity contribution is 6.34. The lowest BCUT2D eigenvalue weighted by Crippen LogP contribution is -2.27. The third-order valence-electron chi connectivity index (χ3n) is 5.43. The second kappa shape index (κ2) is 12.3. The molecule has 0 fully saturated rings. The average Bonchev–Trinajstić information content (AvgIpc) is 3.23. The molecule has 1 aliphatic heterocycles. The van der Waals surface area contributed by atoms with Crippen LogP contribution in [0, 0.1) is 19.7 Å². The van der Waals surface area contributed by atoms with Gasteiger partial charge in [-0.15, -0.1) is 0 Å². The highest BCUT2D eigenvalue weighted by atomic mass is 19.1. The zero-order chi connectivity index (χ0) is 26.3. The van der Waals surface area contributed by atoms with Crippen LogP contribution >= 0.6 is 0 Å². The average molecular weight is 489 g/mol. The number of nitrogens with zero attached hydrogens (tertiary/aromatic N) is 1. The van der Waals surface area contributed by atoms with Gasteiger partial charge in [0.1, 0.15) is 5.82 Å². The van der Waals surface area contributed by atoms with Crippen LogP contribution in [0.4, 0.5) is 10.1 Å². The van der Waals surface area contributed by atoms with Gasteiger partial charge in [-0.3, -0.25) is 14.4 Å². The smallest absolute Gasteiger partial charge is 0.256 e. The molecule has 0 saturated heterocycles. The number of carbonyl (C=O) groups is 3. The number of fused-ring (bicyclic) bond motifs is 1. The van der Waals surface area contributed by atoms with E-state index < -0.39 is 11.9 Å². The van der Waals surface area contributed by atoms with E-state index in [4.69, 9.17) is 5.11 Å². The Kier molecular flexibility index (Phi) is 9.73. The molecule has 0 spiro atoms. The summed E-state index contributed by atoms with van der Waals surface area (Å²) >= 11 is 0. The summed E-state index contributed by atoms with van der Waals surface area (Å²) in [6, 6.07) is 4.13. The van der Waals surface area contributed by atoms with Crippen LogP contribution in [0.5, 0.6) is 0 Å². The van der Waals surface area contributed by atoms with Gasteiger partial charge in [0, 0.05) is 49.7 Å². The lowest BCUT2D eigenvalue weighted by atomic mass is 10.0. The quantitative estimate of drug-likeness (QED) is 0.381. The fourth-order valence-corrected chi connectivity index (χ4v) is 3.51. The van der Waals surface area contributed by atoms with Crippen molar-refractivity contribution in [3.63, 3.8) is 0 Å².